The van der Waals surface area contributed by atoms with Crippen LogP contribution in [0.15, 0.2) is 30.5 Å². The van der Waals surface area contributed by atoms with Gasteiger partial charge in [0.1, 0.15) is 0 Å². The number of rotatable bonds is 8. The zero-order chi connectivity index (χ0) is 19.1. The first-order valence-electron chi connectivity index (χ1n) is 8.70. The number of urea groups is 1. The number of likely N-dealkylation sites (N-methyl/N-ethyl adjacent to an activating group) is 1. The summed E-state index contributed by atoms with van der Waals surface area (Å²) in [7, 11) is 6.91. The molecule has 142 valence electrons. The second-order valence-electron chi connectivity index (χ2n) is 6.15. The van der Waals surface area contributed by atoms with E-state index in [2.05, 4.69) is 10.4 Å². The summed E-state index contributed by atoms with van der Waals surface area (Å²) in [6.07, 6.45) is 3.27. The van der Waals surface area contributed by atoms with Crippen LogP contribution < -0.4 is 14.8 Å². The quantitative estimate of drug-likeness (QED) is 0.786. The summed E-state index contributed by atoms with van der Waals surface area (Å²) in [5.41, 5.74) is 2.08. The summed E-state index contributed by atoms with van der Waals surface area (Å²) in [4.78, 5) is 14.2. The van der Waals surface area contributed by atoms with Crippen molar-refractivity contribution in [3.05, 3.63) is 41.7 Å². The molecule has 0 aliphatic heterocycles. The van der Waals surface area contributed by atoms with Gasteiger partial charge in [-0.3, -0.25) is 4.68 Å². The molecule has 0 aliphatic rings. The minimum atomic E-state index is -0.0986. The third-order valence-corrected chi connectivity index (χ3v) is 4.45. The van der Waals surface area contributed by atoms with Crippen LogP contribution in [-0.2, 0) is 13.5 Å². The van der Waals surface area contributed by atoms with Gasteiger partial charge in [0.15, 0.2) is 11.5 Å². The maximum absolute atomic E-state index is 12.5. The van der Waals surface area contributed by atoms with Gasteiger partial charge in [0.05, 0.1) is 26.0 Å². The zero-order valence-corrected chi connectivity index (χ0v) is 16.2. The first-order chi connectivity index (χ1) is 12.5. The summed E-state index contributed by atoms with van der Waals surface area (Å²) in [5, 5.41) is 7.24. The van der Waals surface area contributed by atoms with Gasteiger partial charge in [-0.2, -0.15) is 5.10 Å². The van der Waals surface area contributed by atoms with Crippen LogP contribution in [0, 0.1) is 0 Å². The van der Waals surface area contributed by atoms with Gasteiger partial charge in [0, 0.05) is 26.8 Å². The van der Waals surface area contributed by atoms with Crippen LogP contribution >= 0.6 is 0 Å². The molecular formula is C19H28N4O3. The Balaban J connectivity index is 1.93. The van der Waals surface area contributed by atoms with E-state index in [-0.39, 0.29) is 12.1 Å². The predicted octanol–water partition coefficient (Wildman–Crippen LogP) is 2.77. The molecule has 0 bridgehead atoms. The molecule has 7 heteroatoms. The molecule has 0 radical (unpaired) electrons. The Morgan fingerprint density at radius 2 is 2.00 bits per heavy atom. The van der Waals surface area contributed by atoms with Crippen LogP contribution in [0.1, 0.15) is 30.6 Å². The van der Waals surface area contributed by atoms with Gasteiger partial charge in [-0.15, -0.1) is 0 Å². The molecule has 0 spiro atoms. The van der Waals surface area contributed by atoms with Crippen LogP contribution in [0.5, 0.6) is 11.5 Å². The maximum atomic E-state index is 12.5. The fourth-order valence-corrected chi connectivity index (χ4v) is 2.80. The van der Waals surface area contributed by atoms with E-state index in [0.29, 0.717) is 18.0 Å². The highest BCUT2D eigenvalue weighted by molar-refractivity contribution is 5.74. The SMILES string of the molecule is CC[C@@H](NC(=O)N(C)CCc1ccc(OC)c(OC)c1)c1ccnn1C. The molecule has 2 amide bonds. The van der Waals surface area contributed by atoms with E-state index in [1.165, 1.54) is 0 Å². The number of nitrogens with zero attached hydrogens (tertiary/aromatic N) is 3. The topological polar surface area (TPSA) is 68.6 Å². The van der Waals surface area contributed by atoms with E-state index < -0.39 is 0 Å². The Bertz CT molecular complexity index is 729. The summed E-state index contributed by atoms with van der Waals surface area (Å²) >= 11 is 0. The zero-order valence-electron chi connectivity index (χ0n) is 16.2. The number of nitrogens with one attached hydrogen (secondary N) is 1. The fraction of sp³-hybridized carbons (Fsp3) is 0.474. The number of aromatic nitrogens is 2. The van der Waals surface area contributed by atoms with Gasteiger partial charge in [-0.25, -0.2) is 4.79 Å². The monoisotopic (exact) mass is 360 g/mol. The Morgan fingerprint density at radius 1 is 1.27 bits per heavy atom. The molecule has 0 aliphatic carbocycles. The van der Waals surface area contributed by atoms with E-state index in [1.54, 1.807) is 37.0 Å². The average Bonchev–Trinajstić information content (AvgIpc) is 3.09. The standard InChI is InChI=1S/C19H28N4O3/c1-6-15(16-9-11-20-23(16)3)21-19(24)22(2)12-10-14-7-8-17(25-4)18(13-14)26-5/h7-9,11,13,15H,6,10,12H2,1-5H3,(H,21,24)/t15-/m1/s1. The van der Waals surface area contributed by atoms with Crippen molar-refractivity contribution < 1.29 is 14.3 Å². The van der Waals surface area contributed by atoms with Crippen molar-refractivity contribution in [3.63, 3.8) is 0 Å². The van der Waals surface area contributed by atoms with Crippen molar-refractivity contribution in [2.24, 2.45) is 7.05 Å². The number of benzene rings is 1. The van der Waals surface area contributed by atoms with Gasteiger partial charge >= 0.3 is 6.03 Å². The van der Waals surface area contributed by atoms with E-state index >= 15 is 0 Å². The average molecular weight is 360 g/mol. The molecule has 1 atom stereocenters. The van der Waals surface area contributed by atoms with E-state index in [9.17, 15) is 4.79 Å². The lowest BCUT2D eigenvalue weighted by Gasteiger charge is -2.23. The van der Waals surface area contributed by atoms with Crippen molar-refractivity contribution >= 4 is 6.03 Å². The minimum absolute atomic E-state index is 0.0569. The van der Waals surface area contributed by atoms with Crippen LogP contribution in [0.2, 0.25) is 0 Å². The number of carbonyl (C=O) groups is 1. The first-order valence-corrected chi connectivity index (χ1v) is 8.70. The van der Waals surface area contributed by atoms with Gasteiger partial charge in [-0.1, -0.05) is 13.0 Å². The van der Waals surface area contributed by atoms with Gasteiger partial charge in [0.25, 0.3) is 0 Å². The summed E-state index contributed by atoms with van der Waals surface area (Å²) < 4.78 is 12.4. The lowest BCUT2D eigenvalue weighted by Crippen LogP contribution is -2.40. The first kappa shape index (κ1) is 19.6. The Labute approximate surface area is 154 Å². The van der Waals surface area contributed by atoms with Crippen molar-refractivity contribution in [3.8, 4) is 11.5 Å². The largest absolute Gasteiger partial charge is 0.493 e. The number of ether oxygens (including phenoxy) is 2. The van der Waals surface area contributed by atoms with Crippen molar-refractivity contribution in [2.45, 2.75) is 25.8 Å². The van der Waals surface area contributed by atoms with Crippen LogP contribution in [-0.4, -0.2) is 48.5 Å². The number of hydrogen-bond acceptors (Lipinski definition) is 4. The highest BCUT2D eigenvalue weighted by Crippen LogP contribution is 2.27. The Morgan fingerprint density at radius 3 is 2.58 bits per heavy atom. The number of aryl methyl sites for hydroxylation is 1. The Hall–Kier alpha value is -2.70. The summed E-state index contributed by atoms with van der Waals surface area (Å²) in [6, 6.07) is 7.58. The molecule has 2 aromatic rings. The van der Waals surface area contributed by atoms with Crippen LogP contribution in [0.4, 0.5) is 4.79 Å². The van der Waals surface area contributed by atoms with Crippen molar-refractivity contribution in [1.29, 1.82) is 0 Å². The number of carbonyl (C=O) groups excluding carboxylic acids is 1. The normalized spacial score (nSPS) is 11.7. The number of hydrogen-bond donors (Lipinski definition) is 1. The highest BCUT2D eigenvalue weighted by Gasteiger charge is 2.18. The smallest absolute Gasteiger partial charge is 0.317 e. The summed E-state index contributed by atoms with van der Waals surface area (Å²) in [6.45, 7) is 2.64. The van der Waals surface area contributed by atoms with Crippen LogP contribution in [0.3, 0.4) is 0 Å². The molecule has 7 nitrogen and oxygen atoms in total. The van der Waals surface area contributed by atoms with Gasteiger partial charge in [-0.05, 0) is 36.6 Å². The minimum Gasteiger partial charge on any atom is -0.493 e. The molecular weight excluding hydrogens is 332 g/mol. The van der Waals surface area contributed by atoms with Crippen molar-refractivity contribution in [1.82, 2.24) is 20.0 Å². The number of amides is 2. The predicted molar refractivity (Wildman–Crippen MR) is 101 cm³/mol. The van der Waals surface area contributed by atoms with E-state index in [4.69, 9.17) is 9.47 Å². The lowest BCUT2D eigenvalue weighted by molar-refractivity contribution is 0.204. The molecule has 0 saturated heterocycles. The summed E-state index contributed by atoms with van der Waals surface area (Å²) in [5.74, 6) is 1.39. The highest BCUT2D eigenvalue weighted by atomic mass is 16.5. The molecule has 0 unspecified atom stereocenters. The second-order valence-corrected chi connectivity index (χ2v) is 6.15. The molecule has 1 aromatic heterocycles. The fourth-order valence-electron chi connectivity index (χ4n) is 2.80. The molecule has 2 rings (SSSR count). The van der Waals surface area contributed by atoms with Crippen molar-refractivity contribution in [2.75, 3.05) is 27.8 Å². The maximum Gasteiger partial charge on any atom is 0.317 e. The second kappa shape index (κ2) is 9.12. The third kappa shape index (κ3) is 4.68. The lowest BCUT2D eigenvalue weighted by atomic mass is 10.1. The molecule has 1 aromatic carbocycles. The molecule has 1 N–H and O–H groups in total. The van der Waals surface area contributed by atoms with E-state index in [1.807, 2.05) is 38.2 Å². The third-order valence-electron chi connectivity index (χ3n) is 4.45. The molecule has 26 heavy (non-hydrogen) atoms. The molecule has 1 heterocycles. The Kier molecular flexibility index (Phi) is 6.89. The van der Waals surface area contributed by atoms with Gasteiger partial charge < -0.3 is 19.7 Å². The van der Waals surface area contributed by atoms with Gasteiger partial charge in [0.2, 0.25) is 0 Å². The number of methoxy groups -OCH3 is 2. The molecule has 0 fully saturated rings. The van der Waals surface area contributed by atoms with Crippen LogP contribution in [0.25, 0.3) is 0 Å². The van der Waals surface area contributed by atoms with E-state index in [0.717, 1.165) is 24.1 Å². The molecule has 0 saturated carbocycles.